The van der Waals surface area contributed by atoms with Crippen LogP contribution in [-0.4, -0.2) is 19.5 Å². The van der Waals surface area contributed by atoms with Crippen molar-refractivity contribution in [1.29, 1.82) is 0 Å². The summed E-state index contributed by atoms with van der Waals surface area (Å²) in [6.45, 7) is 8.60. The summed E-state index contributed by atoms with van der Waals surface area (Å²) in [6, 6.07) is 5.12. The molecule has 9 heteroatoms. The molecule has 0 radical (unpaired) electrons. The lowest BCUT2D eigenvalue weighted by molar-refractivity contribution is 0.475. The van der Waals surface area contributed by atoms with E-state index in [1.165, 1.54) is 23.1 Å². The summed E-state index contributed by atoms with van der Waals surface area (Å²) < 4.78 is 1.70. The van der Waals surface area contributed by atoms with Crippen LogP contribution in [-0.2, 0) is 12.3 Å². The number of fused-ring (bicyclic) bond motifs is 2. The van der Waals surface area contributed by atoms with Crippen molar-refractivity contribution >= 4 is 55.8 Å². The molecule has 4 aromatic rings. The van der Waals surface area contributed by atoms with Crippen LogP contribution in [0.25, 0.3) is 21.1 Å². The van der Waals surface area contributed by atoms with Gasteiger partial charge < -0.3 is 4.98 Å². The topological polar surface area (TPSA) is 80.6 Å². The number of H-pyrrole nitrogens is 1. The molecule has 0 saturated carbocycles. The monoisotopic (exact) mass is 460 g/mol. The van der Waals surface area contributed by atoms with E-state index in [1.54, 1.807) is 22.8 Å². The molecule has 3 heterocycles. The molecule has 1 N–H and O–H groups in total. The van der Waals surface area contributed by atoms with Gasteiger partial charge in [0, 0.05) is 16.4 Å². The highest BCUT2D eigenvalue weighted by Gasteiger charge is 2.16. The number of aryl methyl sites for hydroxylation is 2. The van der Waals surface area contributed by atoms with Crippen molar-refractivity contribution in [2.45, 2.75) is 45.1 Å². The lowest BCUT2D eigenvalue weighted by Gasteiger charge is -2.15. The maximum Gasteiger partial charge on any atom is 0.262 e. The van der Waals surface area contributed by atoms with Gasteiger partial charge in [-0.15, -0.1) is 11.3 Å². The van der Waals surface area contributed by atoms with Gasteiger partial charge in [-0.05, 0) is 43.5 Å². The SMILES string of the molecule is Cc1sc2nc(CSc3nc4cc(Cl)ccc4c(=O)n3CC(C)C)[nH]c(=O)c2c1C. The molecule has 0 saturated heterocycles. The number of rotatable bonds is 5. The van der Waals surface area contributed by atoms with E-state index in [9.17, 15) is 9.59 Å². The molecule has 1 aromatic carbocycles. The van der Waals surface area contributed by atoms with Crippen LogP contribution < -0.4 is 11.1 Å². The van der Waals surface area contributed by atoms with Crippen molar-refractivity contribution in [1.82, 2.24) is 19.5 Å². The van der Waals surface area contributed by atoms with E-state index < -0.39 is 0 Å². The maximum absolute atomic E-state index is 13.1. The van der Waals surface area contributed by atoms with Crippen molar-refractivity contribution in [3.8, 4) is 0 Å². The molecule has 6 nitrogen and oxygen atoms in total. The Morgan fingerprint density at radius 3 is 2.73 bits per heavy atom. The van der Waals surface area contributed by atoms with Crippen LogP contribution in [0, 0.1) is 19.8 Å². The second-order valence-corrected chi connectivity index (χ2v) is 10.2. The summed E-state index contributed by atoms with van der Waals surface area (Å²) in [4.78, 5) is 39.6. The summed E-state index contributed by atoms with van der Waals surface area (Å²) in [5.74, 6) is 1.24. The van der Waals surface area contributed by atoms with Gasteiger partial charge >= 0.3 is 0 Å². The number of hydrogen-bond donors (Lipinski definition) is 1. The zero-order valence-corrected chi connectivity index (χ0v) is 19.5. The molecule has 0 amide bonds. The standard InChI is InChI=1S/C21H21ClN4O2S2/c1-10(2)8-26-20(28)14-6-5-13(22)7-15(14)23-21(26)29-9-16-24-18(27)17-11(3)12(4)30-19(17)25-16/h5-7,10H,8-9H2,1-4H3,(H,24,25,27). The van der Waals surface area contributed by atoms with Crippen LogP contribution in [0.15, 0.2) is 32.9 Å². The van der Waals surface area contributed by atoms with Crippen molar-refractivity contribution in [3.05, 3.63) is 60.2 Å². The van der Waals surface area contributed by atoms with E-state index in [2.05, 4.69) is 23.8 Å². The second kappa shape index (κ2) is 8.17. The number of thiophene rings is 1. The lowest BCUT2D eigenvalue weighted by atomic mass is 10.2. The van der Waals surface area contributed by atoms with Gasteiger partial charge in [-0.1, -0.05) is 37.2 Å². The number of nitrogens with one attached hydrogen (secondary N) is 1. The van der Waals surface area contributed by atoms with Gasteiger partial charge in [-0.3, -0.25) is 14.2 Å². The second-order valence-electron chi connectivity index (χ2n) is 7.63. The maximum atomic E-state index is 13.1. The fraction of sp³-hybridized carbons (Fsp3) is 0.333. The van der Waals surface area contributed by atoms with E-state index in [-0.39, 0.29) is 17.0 Å². The molecule has 4 rings (SSSR count). The summed E-state index contributed by atoms with van der Waals surface area (Å²) in [5.41, 5.74) is 1.32. The van der Waals surface area contributed by atoms with Crippen molar-refractivity contribution in [3.63, 3.8) is 0 Å². The van der Waals surface area contributed by atoms with Gasteiger partial charge in [-0.2, -0.15) is 0 Å². The average Bonchev–Trinajstić information content (AvgIpc) is 2.96. The summed E-state index contributed by atoms with van der Waals surface area (Å²) in [5, 5.41) is 2.32. The number of benzene rings is 1. The molecule has 0 fully saturated rings. The van der Waals surface area contributed by atoms with Gasteiger partial charge in [0.1, 0.15) is 10.7 Å². The van der Waals surface area contributed by atoms with Crippen LogP contribution in [0.3, 0.4) is 0 Å². The largest absolute Gasteiger partial charge is 0.309 e. The van der Waals surface area contributed by atoms with Crippen LogP contribution in [0.5, 0.6) is 0 Å². The highest BCUT2D eigenvalue weighted by Crippen LogP contribution is 2.27. The first-order valence-electron chi connectivity index (χ1n) is 9.56. The Labute approximate surface area is 186 Å². The Morgan fingerprint density at radius 1 is 1.23 bits per heavy atom. The minimum absolute atomic E-state index is 0.0886. The molecular formula is C21H21ClN4O2S2. The van der Waals surface area contributed by atoms with Gasteiger partial charge in [0.25, 0.3) is 11.1 Å². The zero-order chi connectivity index (χ0) is 21.6. The minimum atomic E-state index is -0.129. The fourth-order valence-corrected chi connectivity index (χ4v) is 5.40. The van der Waals surface area contributed by atoms with Crippen molar-refractivity contribution in [2.75, 3.05) is 0 Å². The molecule has 30 heavy (non-hydrogen) atoms. The predicted octanol–water partition coefficient (Wildman–Crippen LogP) is 4.91. The van der Waals surface area contributed by atoms with Crippen LogP contribution >= 0.6 is 34.7 Å². The average molecular weight is 461 g/mol. The molecule has 3 aromatic heterocycles. The number of hydrogen-bond acceptors (Lipinski definition) is 6. The first kappa shape index (κ1) is 21.1. The zero-order valence-electron chi connectivity index (χ0n) is 17.1. The summed E-state index contributed by atoms with van der Waals surface area (Å²) in [7, 11) is 0. The van der Waals surface area contributed by atoms with E-state index >= 15 is 0 Å². The number of thioether (sulfide) groups is 1. The normalized spacial score (nSPS) is 11.8. The highest BCUT2D eigenvalue weighted by atomic mass is 35.5. The molecule has 0 spiro atoms. The molecule has 0 unspecified atom stereocenters. The van der Waals surface area contributed by atoms with Crippen LogP contribution in [0.4, 0.5) is 0 Å². The molecule has 0 aliphatic carbocycles. The Bertz CT molecular complexity index is 1390. The smallest absolute Gasteiger partial charge is 0.262 e. The Morgan fingerprint density at radius 2 is 2.00 bits per heavy atom. The third-order valence-corrected chi connectivity index (χ3v) is 7.18. The minimum Gasteiger partial charge on any atom is -0.309 e. The van der Waals surface area contributed by atoms with Gasteiger partial charge in [0.05, 0.1) is 22.0 Å². The van der Waals surface area contributed by atoms with E-state index in [0.717, 1.165) is 15.3 Å². The highest BCUT2D eigenvalue weighted by molar-refractivity contribution is 7.98. The molecule has 0 bridgehead atoms. The molecular weight excluding hydrogens is 440 g/mol. The summed E-state index contributed by atoms with van der Waals surface area (Å²) >= 11 is 9.01. The van der Waals surface area contributed by atoms with Gasteiger partial charge in [0.15, 0.2) is 5.16 Å². The number of aromatic amines is 1. The van der Waals surface area contributed by atoms with Crippen LogP contribution in [0.2, 0.25) is 5.02 Å². The van der Waals surface area contributed by atoms with E-state index in [0.29, 0.717) is 44.6 Å². The van der Waals surface area contributed by atoms with E-state index in [1.807, 2.05) is 13.8 Å². The predicted molar refractivity (Wildman–Crippen MR) is 125 cm³/mol. The summed E-state index contributed by atoms with van der Waals surface area (Å²) in [6.07, 6.45) is 0. The lowest BCUT2D eigenvalue weighted by Crippen LogP contribution is -2.25. The Kier molecular flexibility index (Phi) is 5.74. The fourth-order valence-electron chi connectivity index (χ4n) is 3.31. The molecule has 0 atom stereocenters. The molecule has 0 aliphatic rings. The third kappa shape index (κ3) is 3.91. The Balaban J connectivity index is 1.75. The first-order valence-corrected chi connectivity index (χ1v) is 11.7. The van der Waals surface area contributed by atoms with Gasteiger partial charge in [-0.25, -0.2) is 9.97 Å². The van der Waals surface area contributed by atoms with Crippen LogP contribution in [0.1, 0.15) is 30.1 Å². The quantitative estimate of drug-likeness (QED) is 0.338. The van der Waals surface area contributed by atoms with E-state index in [4.69, 9.17) is 16.6 Å². The third-order valence-electron chi connectivity index (χ3n) is 4.86. The number of aromatic nitrogens is 4. The Hall–Kier alpha value is -2.16. The number of halogens is 1. The van der Waals surface area contributed by atoms with Crippen molar-refractivity contribution in [2.24, 2.45) is 5.92 Å². The first-order chi connectivity index (χ1) is 14.2. The molecule has 0 aliphatic heterocycles. The molecule has 156 valence electrons. The number of nitrogens with zero attached hydrogens (tertiary/aromatic N) is 3. The van der Waals surface area contributed by atoms with Crippen molar-refractivity contribution < 1.29 is 0 Å². The van der Waals surface area contributed by atoms with Gasteiger partial charge in [0.2, 0.25) is 0 Å².